The molecular formula is C33H41N3O4S. The molecule has 1 aliphatic carbocycles. The van der Waals surface area contributed by atoms with Crippen molar-refractivity contribution in [2.45, 2.75) is 76.3 Å². The normalized spacial score (nSPS) is 14.7. The highest BCUT2D eigenvalue weighted by Gasteiger charge is 2.33. The van der Waals surface area contributed by atoms with Gasteiger partial charge in [-0.1, -0.05) is 85.0 Å². The number of sulfonamides is 1. The summed E-state index contributed by atoms with van der Waals surface area (Å²) in [6.45, 7) is 5.41. The number of nitrogens with zero attached hydrogens (tertiary/aromatic N) is 2. The lowest BCUT2D eigenvalue weighted by Crippen LogP contribution is -2.53. The molecule has 8 heteroatoms. The Hall–Kier alpha value is -3.65. The molecular weight excluding hydrogens is 534 g/mol. The zero-order valence-corrected chi connectivity index (χ0v) is 25.1. The van der Waals surface area contributed by atoms with Crippen LogP contribution in [0.3, 0.4) is 0 Å². The minimum Gasteiger partial charge on any atom is -0.352 e. The van der Waals surface area contributed by atoms with E-state index in [1.165, 1.54) is 11.3 Å². The Morgan fingerprint density at radius 3 is 2.05 bits per heavy atom. The molecule has 3 aromatic carbocycles. The summed E-state index contributed by atoms with van der Waals surface area (Å²) in [5.41, 5.74) is 3.34. The van der Waals surface area contributed by atoms with Crippen LogP contribution in [0, 0.1) is 13.8 Å². The van der Waals surface area contributed by atoms with Crippen LogP contribution in [0.15, 0.2) is 83.8 Å². The molecule has 1 aliphatic rings. The second kappa shape index (κ2) is 13.8. The van der Waals surface area contributed by atoms with E-state index < -0.39 is 28.5 Å². The number of amides is 2. The summed E-state index contributed by atoms with van der Waals surface area (Å²) >= 11 is 0. The van der Waals surface area contributed by atoms with Crippen LogP contribution >= 0.6 is 0 Å². The zero-order valence-electron chi connectivity index (χ0n) is 24.3. The lowest BCUT2D eigenvalue weighted by atomic mass is 9.95. The lowest BCUT2D eigenvalue weighted by molar-refractivity contribution is -0.139. The molecule has 0 bridgehead atoms. The average molecular weight is 576 g/mol. The van der Waals surface area contributed by atoms with Crippen molar-refractivity contribution in [2.75, 3.05) is 17.4 Å². The zero-order chi connectivity index (χ0) is 29.4. The van der Waals surface area contributed by atoms with E-state index >= 15 is 0 Å². The quantitative estimate of drug-likeness (QED) is 0.331. The molecule has 4 rings (SSSR count). The molecule has 2 amide bonds. The average Bonchev–Trinajstić information content (AvgIpc) is 2.97. The maximum atomic E-state index is 14.0. The molecule has 218 valence electrons. The summed E-state index contributed by atoms with van der Waals surface area (Å²) in [6, 6.07) is 22.8. The molecule has 1 atom stereocenters. The fourth-order valence-electron chi connectivity index (χ4n) is 5.22. The SMILES string of the molecule is Cc1ccc(N(CC(=O)N(CCc2ccccc2)[C@H](C)C(=O)NC2CCCCC2)S(=O)(=O)c2ccc(C)cc2)cc1. The van der Waals surface area contributed by atoms with Crippen molar-refractivity contribution in [3.8, 4) is 0 Å². The van der Waals surface area contributed by atoms with E-state index in [-0.39, 0.29) is 23.4 Å². The molecule has 0 radical (unpaired) electrons. The third kappa shape index (κ3) is 7.97. The van der Waals surface area contributed by atoms with Gasteiger partial charge in [0.05, 0.1) is 10.6 Å². The molecule has 0 aromatic heterocycles. The van der Waals surface area contributed by atoms with Gasteiger partial charge in [0.15, 0.2) is 0 Å². The molecule has 1 fully saturated rings. The van der Waals surface area contributed by atoms with Crippen LogP contribution < -0.4 is 9.62 Å². The second-order valence-corrected chi connectivity index (χ2v) is 12.9. The number of aryl methyl sites for hydroxylation is 2. The van der Waals surface area contributed by atoms with Gasteiger partial charge in [-0.25, -0.2) is 8.42 Å². The van der Waals surface area contributed by atoms with Crippen LogP contribution in [0.5, 0.6) is 0 Å². The van der Waals surface area contributed by atoms with Gasteiger partial charge in [-0.15, -0.1) is 0 Å². The maximum absolute atomic E-state index is 14.0. The van der Waals surface area contributed by atoms with Crippen molar-refractivity contribution in [3.05, 3.63) is 95.6 Å². The Labute approximate surface area is 244 Å². The highest BCUT2D eigenvalue weighted by atomic mass is 32.2. The molecule has 7 nitrogen and oxygen atoms in total. The minimum absolute atomic E-state index is 0.107. The van der Waals surface area contributed by atoms with Gasteiger partial charge < -0.3 is 10.2 Å². The smallest absolute Gasteiger partial charge is 0.264 e. The van der Waals surface area contributed by atoms with Crippen molar-refractivity contribution >= 4 is 27.5 Å². The van der Waals surface area contributed by atoms with E-state index in [4.69, 9.17) is 0 Å². The summed E-state index contributed by atoms with van der Waals surface area (Å²) in [5.74, 6) is -0.634. The molecule has 0 aliphatic heterocycles. The molecule has 0 unspecified atom stereocenters. The summed E-state index contributed by atoms with van der Waals surface area (Å²) in [4.78, 5) is 29.0. The van der Waals surface area contributed by atoms with Gasteiger partial charge in [0, 0.05) is 12.6 Å². The van der Waals surface area contributed by atoms with Crippen LogP contribution in [-0.2, 0) is 26.0 Å². The number of rotatable bonds is 11. The van der Waals surface area contributed by atoms with Gasteiger partial charge in [-0.3, -0.25) is 13.9 Å². The molecule has 41 heavy (non-hydrogen) atoms. The lowest BCUT2D eigenvalue weighted by Gasteiger charge is -2.33. The van der Waals surface area contributed by atoms with Crippen molar-refractivity contribution in [1.82, 2.24) is 10.2 Å². The highest BCUT2D eigenvalue weighted by Crippen LogP contribution is 2.25. The highest BCUT2D eigenvalue weighted by molar-refractivity contribution is 7.92. The van der Waals surface area contributed by atoms with Crippen molar-refractivity contribution in [3.63, 3.8) is 0 Å². The number of benzene rings is 3. The van der Waals surface area contributed by atoms with Gasteiger partial charge in [-0.05, 0) is 69.9 Å². The van der Waals surface area contributed by atoms with Crippen LogP contribution in [-0.4, -0.2) is 50.3 Å². The topological polar surface area (TPSA) is 86.8 Å². The van der Waals surface area contributed by atoms with Crippen LogP contribution in [0.25, 0.3) is 0 Å². The number of hydrogen-bond donors (Lipinski definition) is 1. The van der Waals surface area contributed by atoms with Crippen LogP contribution in [0.4, 0.5) is 5.69 Å². The molecule has 1 saturated carbocycles. The van der Waals surface area contributed by atoms with Gasteiger partial charge in [0.25, 0.3) is 10.0 Å². The van der Waals surface area contributed by atoms with Gasteiger partial charge in [-0.2, -0.15) is 0 Å². The summed E-state index contributed by atoms with van der Waals surface area (Å²) < 4.78 is 29.0. The summed E-state index contributed by atoms with van der Waals surface area (Å²) in [7, 11) is -4.06. The molecule has 0 spiro atoms. The third-order valence-electron chi connectivity index (χ3n) is 7.81. The third-order valence-corrected chi connectivity index (χ3v) is 9.60. The van der Waals surface area contributed by atoms with Crippen molar-refractivity contribution in [1.29, 1.82) is 0 Å². The predicted molar refractivity (Wildman–Crippen MR) is 163 cm³/mol. The van der Waals surface area contributed by atoms with Crippen molar-refractivity contribution < 1.29 is 18.0 Å². The second-order valence-electron chi connectivity index (χ2n) is 11.0. The van der Waals surface area contributed by atoms with Gasteiger partial charge in [0.2, 0.25) is 11.8 Å². The first-order chi connectivity index (χ1) is 19.6. The fraction of sp³-hybridized carbons (Fsp3) is 0.394. The number of carbonyl (C=O) groups is 2. The number of anilines is 1. The first kappa shape index (κ1) is 30.3. The molecule has 0 heterocycles. The standard InChI is InChI=1S/C33H41N3O4S/c1-25-14-18-30(19-15-25)36(41(39,40)31-20-16-26(2)17-21-31)24-32(37)35(23-22-28-10-6-4-7-11-28)27(3)33(38)34-29-12-8-5-9-13-29/h4,6-7,10-11,14-21,27,29H,5,8-9,12-13,22-24H2,1-3H3,(H,34,38)/t27-/m1/s1. The van der Waals surface area contributed by atoms with Gasteiger partial charge >= 0.3 is 0 Å². The Morgan fingerprint density at radius 2 is 1.44 bits per heavy atom. The molecule has 1 N–H and O–H groups in total. The van der Waals surface area contributed by atoms with E-state index in [2.05, 4.69) is 5.32 Å². The Morgan fingerprint density at radius 1 is 0.854 bits per heavy atom. The predicted octanol–water partition coefficient (Wildman–Crippen LogP) is 5.41. The van der Waals surface area contributed by atoms with Gasteiger partial charge in [0.1, 0.15) is 12.6 Å². The van der Waals surface area contributed by atoms with E-state index in [1.807, 2.05) is 56.3 Å². The van der Waals surface area contributed by atoms with E-state index in [0.29, 0.717) is 12.1 Å². The van der Waals surface area contributed by atoms with Crippen LogP contribution in [0.2, 0.25) is 0 Å². The first-order valence-corrected chi connectivity index (χ1v) is 15.9. The van der Waals surface area contributed by atoms with E-state index in [1.54, 1.807) is 43.3 Å². The van der Waals surface area contributed by atoms with E-state index in [9.17, 15) is 18.0 Å². The maximum Gasteiger partial charge on any atom is 0.264 e. The Bertz CT molecular complexity index is 1400. The number of carbonyl (C=O) groups excluding carboxylic acids is 2. The Balaban J connectivity index is 1.63. The summed E-state index contributed by atoms with van der Waals surface area (Å²) in [5, 5.41) is 3.14. The fourth-order valence-corrected chi connectivity index (χ4v) is 6.63. The first-order valence-electron chi connectivity index (χ1n) is 14.4. The van der Waals surface area contributed by atoms with E-state index in [0.717, 1.165) is 46.7 Å². The Kier molecular flexibility index (Phi) is 10.2. The molecule has 0 saturated heterocycles. The van der Waals surface area contributed by atoms with Crippen LogP contribution in [0.1, 0.15) is 55.7 Å². The monoisotopic (exact) mass is 575 g/mol. The largest absolute Gasteiger partial charge is 0.352 e. The number of hydrogen-bond acceptors (Lipinski definition) is 4. The molecule has 3 aromatic rings. The summed E-state index contributed by atoms with van der Waals surface area (Å²) in [6.07, 6.45) is 5.76. The van der Waals surface area contributed by atoms with Crippen molar-refractivity contribution in [2.24, 2.45) is 0 Å². The number of nitrogens with one attached hydrogen (secondary N) is 1. The minimum atomic E-state index is -4.06.